The number of unbranched alkanes of at least 4 members (excludes halogenated alkanes) is 3. The summed E-state index contributed by atoms with van der Waals surface area (Å²) >= 11 is 1.56. The molecule has 3 aromatic rings. The molecule has 36 heavy (non-hydrogen) atoms. The van der Waals surface area contributed by atoms with Gasteiger partial charge in [0.15, 0.2) is 17.2 Å². The van der Waals surface area contributed by atoms with Crippen molar-refractivity contribution in [3.05, 3.63) is 48.0 Å². The van der Waals surface area contributed by atoms with Crippen LogP contribution in [0.25, 0.3) is 11.3 Å². The highest BCUT2D eigenvalue weighted by molar-refractivity contribution is 7.99. The van der Waals surface area contributed by atoms with Crippen LogP contribution in [0.15, 0.2) is 47.6 Å². The van der Waals surface area contributed by atoms with Gasteiger partial charge in [-0.05, 0) is 31.5 Å². The fraction of sp³-hybridized carbons (Fsp3) is 0.407. The molecule has 1 aromatic heterocycles. The highest BCUT2D eigenvalue weighted by Gasteiger charge is 2.36. The third-order valence-corrected chi connectivity index (χ3v) is 6.78. The lowest BCUT2D eigenvalue weighted by atomic mass is 10.1. The standard InChI is InChI=1S/C27H32N4O4S/c1-5-7-8-11-17-36-27-28-25-23(29-30-27)19-13-9-10-15-21(19)31(18(3)32)26(35-25)20-14-12-16-22(34-6-2)24(20)33-4/h9-10,12-16,26H,5-8,11,17H2,1-4H3. The molecule has 1 amide bonds. The number of para-hydroxylation sites is 2. The number of benzene rings is 2. The van der Waals surface area contributed by atoms with E-state index in [2.05, 4.69) is 17.1 Å². The zero-order valence-electron chi connectivity index (χ0n) is 21.2. The van der Waals surface area contributed by atoms with Gasteiger partial charge in [0, 0.05) is 18.2 Å². The van der Waals surface area contributed by atoms with Crippen molar-refractivity contribution in [3.8, 4) is 28.6 Å². The Morgan fingerprint density at radius 3 is 2.67 bits per heavy atom. The van der Waals surface area contributed by atoms with E-state index in [-0.39, 0.29) is 5.91 Å². The third kappa shape index (κ3) is 5.41. The number of carbonyl (C=O) groups is 1. The van der Waals surface area contributed by atoms with Gasteiger partial charge in [0.05, 0.1) is 25.0 Å². The Hall–Kier alpha value is -3.33. The zero-order valence-corrected chi connectivity index (χ0v) is 22.0. The summed E-state index contributed by atoms with van der Waals surface area (Å²) in [5.41, 5.74) is 2.53. The molecule has 0 radical (unpaired) electrons. The Bertz CT molecular complexity index is 1210. The minimum Gasteiger partial charge on any atom is -0.492 e. The first-order valence-electron chi connectivity index (χ1n) is 12.3. The molecule has 0 saturated carbocycles. The number of hydrogen-bond donors (Lipinski definition) is 0. The van der Waals surface area contributed by atoms with Gasteiger partial charge < -0.3 is 14.2 Å². The molecule has 1 unspecified atom stereocenters. The lowest BCUT2D eigenvalue weighted by Gasteiger charge is -2.31. The van der Waals surface area contributed by atoms with Crippen LogP contribution in [0.3, 0.4) is 0 Å². The van der Waals surface area contributed by atoms with Gasteiger partial charge in [-0.15, -0.1) is 10.2 Å². The second-order valence-electron chi connectivity index (χ2n) is 8.35. The molecule has 0 bridgehead atoms. The predicted octanol–water partition coefficient (Wildman–Crippen LogP) is 6.06. The van der Waals surface area contributed by atoms with E-state index < -0.39 is 6.23 Å². The van der Waals surface area contributed by atoms with Crippen LogP contribution >= 0.6 is 11.8 Å². The van der Waals surface area contributed by atoms with Gasteiger partial charge in [0.2, 0.25) is 23.2 Å². The van der Waals surface area contributed by atoms with Crippen molar-refractivity contribution in [1.82, 2.24) is 15.2 Å². The molecule has 190 valence electrons. The lowest BCUT2D eigenvalue weighted by Crippen LogP contribution is -2.36. The van der Waals surface area contributed by atoms with E-state index in [1.807, 2.05) is 49.4 Å². The molecule has 9 heteroatoms. The molecular formula is C27H32N4O4S. The van der Waals surface area contributed by atoms with Crippen molar-refractivity contribution < 1.29 is 19.0 Å². The minimum absolute atomic E-state index is 0.192. The van der Waals surface area contributed by atoms with E-state index >= 15 is 0 Å². The highest BCUT2D eigenvalue weighted by Crippen LogP contribution is 2.46. The van der Waals surface area contributed by atoms with Gasteiger partial charge in [-0.2, -0.15) is 4.98 Å². The van der Waals surface area contributed by atoms with Crippen LogP contribution in [0.5, 0.6) is 17.4 Å². The molecule has 0 N–H and O–H groups in total. The maximum Gasteiger partial charge on any atom is 0.247 e. The summed E-state index contributed by atoms with van der Waals surface area (Å²) in [7, 11) is 1.58. The summed E-state index contributed by atoms with van der Waals surface area (Å²) in [5, 5.41) is 9.41. The monoisotopic (exact) mass is 508 g/mol. The van der Waals surface area contributed by atoms with Gasteiger partial charge in [0.1, 0.15) is 0 Å². The first-order valence-corrected chi connectivity index (χ1v) is 13.3. The van der Waals surface area contributed by atoms with Gasteiger partial charge >= 0.3 is 0 Å². The number of anilines is 1. The van der Waals surface area contributed by atoms with Crippen LogP contribution < -0.4 is 19.1 Å². The maximum atomic E-state index is 13.1. The Morgan fingerprint density at radius 1 is 1.08 bits per heavy atom. The number of fused-ring (bicyclic) bond motifs is 3. The SMILES string of the molecule is CCCCCCSc1nnc2c(n1)OC(c1cccc(OCC)c1OC)N(C(C)=O)c1ccccc1-2. The zero-order chi connectivity index (χ0) is 25.5. The van der Waals surface area contributed by atoms with E-state index in [1.165, 1.54) is 26.2 Å². The molecule has 0 fully saturated rings. The summed E-state index contributed by atoms with van der Waals surface area (Å²) in [4.78, 5) is 19.4. The summed E-state index contributed by atoms with van der Waals surface area (Å²) < 4.78 is 18.0. The number of thioether (sulfide) groups is 1. The van der Waals surface area contributed by atoms with Crippen molar-refractivity contribution in [2.45, 2.75) is 57.8 Å². The van der Waals surface area contributed by atoms with Gasteiger partial charge in [-0.25, -0.2) is 0 Å². The van der Waals surface area contributed by atoms with Gasteiger partial charge in [0.25, 0.3) is 0 Å². The van der Waals surface area contributed by atoms with Crippen molar-refractivity contribution >= 4 is 23.4 Å². The van der Waals surface area contributed by atoms with Gasteiger partial charge in [-0.1, -0.05) is 62.2 Å². The molecule has 1 atom stereocenters. The van der Waals surface area contributed by atoms with E-state index in [0.717, 1.165) is 17.7 Å². The van der Waals surface area contributed by atoms with Crippen molar-refractivity contribution in [2.75, 3.05) is 24.4 Å². The van der Waals surface area contributed by atoms with Crippen molar-refractivity contribution in [1.29, 1.82) is 0 Å². The van der Waals surface area contributed by atoms with Crippen LogP contribution in [0.1, 0.15) is 58.2 Å². The van der Waals surface area contributed by atoms with Gasteiger partial charge in [-0.3, -0.25) is 9.69 Å². The average molecular weight is 509 g/mol. The first-order chi connectivity index (χ1) is 17.6. The highest BCUT2D eigenvalue weighted by atomic mass is 32.2. The maximum absolute atomic E-state index is 13.1. The Labute approximate surface area is 216 Å². The predicted molar refractivity (Wildman–Crippen MR) is 141 cm³/mol. The van der Waals surface area contributed by atoms with Crippen LogP contribution in [0, 0.1) is 0 Å². The quantitative estimate of drug-likeness (QED) is 0.241. The number of methoxy groups -OCH3 is 1. The van der Waals surface area contributed by atoms with E-state index in [1.54, 1.807) is 23.8 Å². The first kappa shape index (κ1) is 25.8. The molecule has 4 rings (SSSR count). The second-order valence-corrected chi connectivity index (χ2v) is 9.41. The fourth-order valence-electron chi connectivity index (χ4n) is 4.22. The Kier molecular flexibility index (Phi) is 8.64. The fourth-order valence-corrected chi connectivity index (χ4v) is 5.00. The number of amides is 1. The Morgan fingerprint density at radius 2 is 1.92 bits per heavy atom. The van der Waals surface area contributed by atoms with Crippen LogP contribution in [0.2, 0.25) is 0 Å². The molecule has 8 nitrogen and oxygen atoms in total. The molecule has 1 aliphatic rings. The number of ether oxygens (including phenoxy) is 3. The molecule has 1 aliphatic heterocycles. The van der Waals surface area contributed by atoms with E-state index in [4.69, 9.17) is 19.2 Å². The van der Waals surface area contributed by atoms with Crippen LogP contribution in [-0.4, -0.2) is 40.6 Å². The normalized spacial score (nSPS) is 14.3. The average Bonchev–Trinajstić information content (AvgIpc) is 3.03. The summed E-state index contributed by atoms with van der Waals surface area (Å²) in [6, 6.07) is 13.1. The minimum atomic E-state index is -0.848. The number of hydrogen-bond acceptors (Lipinski definition) is 8. The smallest absolute Gasteiger partial charge is 0.247 e. The van der Waals surface area contributed by atoms with Crippen molar-refractivity contribution in [2.24, 2.45) is 0 Å². The lowest BCUT2D eigenvalue weighted by molar-refractivity contribution is -0.118. The Balaban J connectivity index is 1.80. The summed E-state index contributed by atoms with van der Waals surface area (Å²) in [6.07, 6.45) is 3.83. The summed E-state index contributed by atoms with van der Waals surface area (Å²) in [5.74, 6) is 2.12. The van der Waals surface area contributed by atoms with E-state index in [0.29, 0.717) is 46.1 Å². The van der Waals surface area contributed by atoms with Crippen LogP contribution in [-0.2, 0) is 4.79 Å². The molecule has 0 saturated heterocycles. The largest absolute Gasteiger partial charge is 0.492 e. The van der Waals surface area contributed by atoms with Crippen molar-refractivity contribution in [3.63, 3.8) is 0 Å². The molecule has 0 aliphatic carbocycles. The molecule has 2 heterocycles. The summed E-state index contributed by atoms with van der Waals surface area (Å²) in [6.45, 7) is 6.09. The number of rotatable bonds is 10. The number of aromatic nitrogens is 3. The topological polar surface area (TPSA) is 86.7 Å². The second kappa shape index (κ2) is 12.1. The number of carbonyl (C=O) groups excluding carboxylic acids is 1. The number of nitrogens with zero attached hydrogens (tertiary/aromatic N) is 4. The van der Waals surface area contributed by atoms with E-state index in [9.17, 15) is 4.79 Å². The van der Waals surface area contributed by atoms with Crippen LogP contribution in [0.4, 0.5) is 5.69 Å². The molecule has 0 spiro atoms. The molecule has 2 aromatic carbocycles. The molecular weight excluding hydrogens is 476 g/mol. The third-order valence-electron chi connectivity index (χ3n) is 5.86.